The molecule has 1 aromatic rings. The molecule has 1 N–H and O–H groups in total. The molecule has 0 aliphatic carbocycles. The van der Waals surface area contributed by atoms with E-state index in [-0.39, 0.29) is 5.91 Å². The Kier molecular flexibility index (Phi) is 4.75. The zero-order chi connectivity index (χ0) is 12.1. The average molecular weight is 270 g/mol. The van der Waals surface area contributed by atoms with Gasteiger partial charge in [0.1, 0.15) is 5.38 Å². The summed E-state index contributed by atoms with van der Waals surface area (Å²) in [4.78, 5) is 12.0. The van der Waals surface area contributed by atoms with Crippen LogP contribution in [0.2, 0.25) is 0 Å². The van der Waals surface area contributed by atoms with Crippen LogP contribution in [0.4, 0.5) is 0 Å². The summed E-state index contributed by atoms with van der Waals surface area (Å²) in [6.45, 7) is 0. The highest BCUT2D eigenvalue weighted by Gasteiger charge is 2.21. The van der Waals surface area contributed by atoms with E-state index in [0.29, 0.717) is 6.04 Å². The molecule has 1 heterocycles. The van der Waals surface area contributed by atoms with Crippen LogP contribution in [0.5, 0.6) is 0 Å². The second-order valence-electron chi connectivity index (χ2n) is 4.17. The highest BCUT2D eigenvalue weighted by atomic mass is 35.5. The summed E-state index contributed by atoms with van der Waals surface area (Å²) in [5.41, 5.74) is 0.858. The Labute approximate surface area is 111 Å². The van der Waals surface area contributed by atoms with E-state index in [1.165, 1.54) is 0 Å². The predicted molar refractivity (Wildman–Crippen MR) is 73.5 cm³/mol. The SMILES string of the molecule is O=C(NC1CCSCC1)C(Cl)c1ccccc1. The number of benzene rings is 1. The second kappa shape index (κ2) is 6.31. The predicted octanol–water partition coefficient (Wildman–Crippen LogP) is 2.98. The van der Waals surface area contributed by atoms with Gasteiger partial charge < -0.3 is 5.32 Å². The number of hydrogen-bond acceptors (Lipinski definition) is 2. The number of rotatable bonds is 3. The Bertz CT molecular complexity index is 365. The molecule has 1 amide bonds. The third-order valence-electron chi connectivity index (χ3n) is 2.89. The van der Waals surface area contributed by atoms with Gasteiger partial charge in [0.25, 0.3) is 0 Å². The molecule has 0 saturated carbocycles. The molecule has 0 aromatic heterocycles. The lowest BCUT2D eigenvalue weighted by Crippen LogP contribution is -2.39. The summed E-state index contributed by atoms with van der Waals surface area (Å²) in [6.07, 6.45) is 2.10. The van der Waals surface area contributed by atoms with Crippen molar-refractivity contribution in [3.05, 3.63) is 35.9 Å². The molecule has 17 heavy (non-hydrogen) atoms. The highest BCUT2D eigenvalue weighted by Crippen LogP contribution is 2.22. The van der Waals surface area contributed by atoms with Gasteiger partial charge in [-0.05, 0) is 29.9 Å². The third kappa shape index (κ3) is 3.65. The van der Waals surface area contributed by atoms with Gasteiger partial charge in [0.2, 0.25) is 5.91 Å². The molecule has 0 bridgehead atoms. The quantitative estimate of drug-likeness (QED) is 0.855. The van der Waals surface area contributed by atoms with Gasteiger partial charge >= 0.3 is 0 Å². The molecule has 2 nitrogen and oxygen atoms in total. The monoisotopic (exact) mass is 269 g/mol. The molecular weight excluding hydrogens is 254 g/mol. The summed E-state index contributed by atoms with van der Waals surface area (Å²) >= 11 is 8.10. The standard InChI is InChI=1S/C13H16ClNOS/c14-12(10-4-2-1-3-5-10)13(16)15-11-6-8-17-9-7-11/h1-5,11-12H,6-9H2,(H,15,16). The molecule has 1 saturated heterocycles. The number of hydrogen-bond donors (Lipinski definition) is 1. The number of nitrogens with one attached hydrogen (secondary N) is 1. The number of thioether (sulfide) groups is 1. The highest BCUT2D eigenvalue weighted by molar-refractivity contribution is 7.99. The van der Waals surface area contributed by atoms with Crippen LogP contribution in [-0.4, -0.2) is 23.5 Å². The normalized spacial score (nSPS) is 18.6. The van der Waals surface area contributed by atoms with Gasteiger partial charge in [-0.3, -0.25) is 4.79 Å². The van der Waals surface area contributed by atoms with E-state index in [1.807, 2.05) is 42.1 Å². The molecule has 4 heteroatoms. The molecule has 2 rings (SSSR count). The van der Waals surface area contributed by atoms with E-state index in [1.54, 1.807) is 0 Å². The van der Waals surface area contributed by atoms with E-state index >= 15 is 0 Å². The Morgan fingerprint density at radius 3 is 2.59 bits per heavy atom. The molecule has 1 atom stereocenters. The van der Waals surface area contributed by atoms with Crippen LogP contribution in [0.25, 0.3) is 0 Å². The first-order valence-corrected chi connectivity index (χ1v) is 7.43. The van der Waals surface area contributed by atoms with Crippen molar-refractivity contribution in [2.24, 2.45) is 0 Å². The first-order chi connectivity index (χ1) is 8.27. The molecule has 0 spiro atoms. The topological polar surface area (TPSA) is 29.1 Å². The van der Waals surface area contributed by atoms with Gasteiger partial charge in [-0.15, -0.1) is 11.6 Å². The Morgan fingerprint density at radius 1 is 1.29 bits per heavy atom. The van der Waals surface area contributed by atoms with Gasteiger partial charge in [0.15, 0.2) is 0 Å². The zero-order valence-electron chi connectivity index (χ0n) is 9.56. The van der Waals surface area contributed by atoms with Gasteiger partial charge in [0, 0.05) is 6.04 Å². The summed E-state index contributed by atoms with van der Waals surface area (Å²) in [5, 5.41) is 2.45. The van der Waals surface area contributed by atoms with E-state index in [4.69, 9.17) is 11.6 Å². The van der Waals surface area contributed by atoms with E-state index in [2.05, 4.69) is 5.32 Å². The number of halogens is 1. The maximum Gasteiger partial charge on any atom is 0.242 e. The van der Waals surface area contributed by atoms with Crippen molar-refractivity contribution in [3.8, 4) is 0 Å². The lowest BCUT2D eigenvalue weighted by atomic mass is 10.1. The van der Waals surface area contributed by atoms with Crippen molar-refractivity contribution < 1.29 is 4.79 Å². The van der Waals surface area contributed by atoms with E-state index < -0.39 is 5.38 Å². The van der Waals surface area contributed by atoms with E-state index in [9.17, 15) is 4.79 Å². The second-order valence-corrected chi connectivity index (χ2v) is 5.83. The fourth-order valence-corrected chi connectivity index (χ4v) is 3.20. The van der Waals surface area contributed by atoms with Crippen molar-refractivity contribution in [2.45, 2.75) is 24.3 Å². The largest absolute Gasteiger partial charge is 0.352 e. The van der Waals surface area contributed by atoms with Gasteiger partial charge in [-0.25, -0.2) is 0 Å². The summed E-state index contributed by atoms with van der Waals surface area (Å²) in [7, 11) is 0. The molecule has 1 aromatic carbocycles. The number of carbonyl (C=O) groups excluding carboxylic acids is 1. The molecule has 0 radical (unpaired) electrons. The van der Waals surface area contributed by atoms with Crippen LogP contribution >= 0.6 is 23.4 Å². The lowest BCUT2D eigenvalue weighted by Gasteiger charge is -2.23. The van der Waals surface area contributed by atoms with E-state index in [0.717, 1.165) is 29.9 Å². The van der Waals surface area contributed by atoms with Crippen LogP contribution in [0.1, 0.15) is 23.8 Å². The van der Waals surface area contributed by atoms with Crippen LogP contribution in [0.15, 0.2) is 30.3 Å². The molecule has 1 aliphatic heterocycles. The van der Waals surface area contributed by atoms with Gasteiger partial charge in [-0.1, -0.05) is 30.3 Å². The molecular formula is C13H16ClNOS. The van der Waals surface area contributed by atoms with Crippen LogP contribution in [-0.2, 0) is 4.79 Å². The smallest absolute Gasteiger partial charge is 0.242 e. The summed E-state index contributed by atoms with van der Waals surface area (Å²) < 4.78 is 0. The first-order valence-electron chi connectivity index (χ1n) is 5.84. The first kappa shape index (κ1) is 12.8. The molecule has 1 fully saturated rings. The van der Waals surface area contributed by atoms with Crippen molar-refractivity contribution >= 4 is 29.3 Å². The minimum atomic E-state index is -0.578. The summed E-state index contributed by atoms with van der Waals surface area (Å²) in [5.74, 6) is 2.18. The van der Waals surface area contributed by atoms with Crippen LogP contribution in [0.3, 0.4) is 0 Å². The molecule has 1 unspecified atom stereocenters. The number of alkyl halides is 1. The fraction of sp³-hybridized carbons (Fsp3) is 0.462. The number of carbonyl (C=O) groups is 1. The maximum absolute atomic E-state index is 12.0. The Hall–Kier alpha value is -0.670. The Balaban J connectivity index is 1.91. The minimum absolute atomic E-state index is 0.0743. The zero-order valence-corrected chi connectivity index (χ0v) is 11.1. The maximum atomic E-state index is 12.0. The lowest BCUT2D eigenvalue weighted by molar-refractivity contribution is -0.121. The van der Waals surface area contributed by atoms with Gasteiger partial charge in [0.05, 0.1) is 0 Å². The van der Waals surface area contributed by atoms with Crippen LogP contribution in [0, 0.1) is 0 Å². The van der Waals surface area contributed by atoms with Crippen molar-refractivity contribution in [1.29, 1.82) is 0 Å². The van der Waals surface area contributed by atoms with Crippen molar-refractivity contribution in [2.75, 3.05) is 11.5 Å². The Morgan fingerprint density at radius 2 is 1.94 bits per heavy atom. The molecule has 92 valence electrons. The minimum Gasteiger partial charge on any atom is -0.352 e. The average Bonchev–Trinajstić information content (AvgIpc) is 2.40. The van der Waals surface area contributed by atoms with Crippen LogP contribution < -0.4 is 5.32 Å². The fourth-order valence-electron chi connectivity index (χ4n) is 1.89. The van der Waals surface area contributed by atoms with Crippen molar-refractivity contribution in [1.82, 2.24) is 5.32 Å². The number of amides is 1. The van der Waals surface area contributed by atoms with Gasteiger partial charge in [-0.2, -0.15) is 11.8 Å². The molecule has 1 aliphatic rings. The third-order valence-corrected chi connectivity index (χ3v) is 4.39. The van der Waals surface area contributed by atoms with Crippen molar-refractivity contribution in [3.63, 3.8) is 0 Å². The summed E-state index contributed by atoms with van der Waals surface area (Å²) in [6, 6.07) is 9.78.